The van der Waals surface area contributed by atoms with Gasteiger partial charge in [-0.3, -0.25) is 9.59 Å². The van der Waals surface area contributed by atoms with Crippen molar-refractivity contribution >= 4 is 22.1 Å². The summed E-state index contributed by atoms with van der Waals surface area (Å²) < 4.78 is 40.0. The molecule has 0 unspecified atom stereocenters. The molecule has 2 aromatic rings. The van der Waals surface area contributed by atoms with Crippen molar-refractivity contribution in [2.24, 2.45) is 0 Å². The molecule has 0 amide bonds. The molecule has 0 aliphatic heterocycles. The summed E-state index contributed by atoms with van der Waals surface area (Å²) in [6, 6.07) is 15.6. The van der Waals surface area contributed by atoms with Crippen LogP contribution in [-0.2, 0) is 42.1 Å². The van der Waals surface area contributed by atoms with Crippen molar-refractivity contribution < 1.29 is 27.5 Å². The molecular weight excluding hydrogens is 468 g/mol. The zero-order chi connectivity index (χ0) is 25.8. The average Bonchev–Trinajstić information content (AvgIpc) is 2.88. The average molecular weight is 501 g/mol. The van der Waals surface area contributed by atoms with Crippen LogP contribution in [0.3, 0.4) is 0 Å². The van der Waals surface area contributed by atoms with Crippen molar-refractivity contribution in [2.45, 2.75) is 24.9 Å². The number of hydrogen-bond acceptors (Lipinski definition) is 6. The van der Waals surface area contributed by atoms with Crippen LogP contribution in [0.1, 0.15) is 11.1 Å². The number of carbonyl (C=O) groups is 2. The number of carbonyl (C=O) groups excluding carboxylic acids is 2. The fraction of sp³-hybridized carbons (Fsp3) is 0.308. The van der Waals surface area contributed by atoms with Crippen molar-refractivity contribution in [3.8, 4) is 0 Å². The molecule has 0 saturated heterocycles. The molecule has 0 spiro atoms. The first-order valence-electron chi connectivity index (χ1n) is 11.0. The molecule has 0 saturated carbocycles. The van der Waals surface area contributed by atoms with Crippen molar-refractivity contribution in [1.29, 1.82) is 0 Å². The first-order valence-corrected chi connectivity index (χ1v) is 12.4. The maximum atomic E-state index is 14.1. The van der Waals surface area contributed by atoms with E-state index in [4.69, 9.17) is 9.47 Å². The van der Waals surface area contributed by atoms with Crippen LogP contribution in [0.4, 0.5) is 0 Å². The van der Waals surface area contributed by atoms with Crippen LogP contribution in [0.15, 0.2) is 86.0 Å². The maximum absolute atomic E-state index is 14.1. The summed E-state index contributed by atoms with van der Waals surface area (Å²) in [4.78, 5) is 25.6. The summed E-state index contributed by atoms with van der Waals surface area (Å²) >= 11 is 0. The zero-order valence-electron chi connectivity index (χ0n) is 20.1. The Labute approximate surface area is 207 Å². The van der Waals surface area contributed by atoms with Gasteiger partial charge in [-0.2, -0.15) is 17.0 Å². The standard InChI is InChI=1S/C26H32N2O6S/c1-5-17-27(23(25(29)33-3)19-21-13-9-7-10-14-21)35(31,32)28(18-6-2)24(26(30)34-4)20-22-15-11-8-12-16-22/h5-16,23-24H,1-2,17-20H2,3-4H3/t23-,24-/m0/s1. The Morgan fingerprint density at radius 1 is 0.771 bits per heavy atom. The van der Waals surface area contributed by atoms with Crippen LogP contribution in [0.25, 0.3) is 0 Å². The Hall–Kier alpha value is -3.27. The lowest BCUT2D eigenvalue weighted by atomic mass is 10.1. The molecule has 0 N–H and O–H groups in total. The largest absolute Gasteiger partial charge is 0.468 e. The van der Waals surface area contributed by atoms with E-state index in [2.05, 4.69) is 13.2 Å². The van der Waals surface area contributed by atoms with E-state index in [1.807, 2.05) is 12.1 Å². The molecule has 0 aromatic heterocycles. The molecule has 0 fully saturated rings. The van der Waals surface area contributed by atoms with Gasteiger partial charge in [0, 0.05) is 13.1 Å². The van der Waals surface area contributed by atoms with Crippen LogP contribution in [0.2, 0.25) is 0 Å². The second kappa shape index (κ2) is 13.6. The van der Waals surface area contributed by atoms with Crippen molar-refractivity contribution in [3.63, 3.8) is 0 Å². The predicted molar refractivity (Wildman–Crippen MR) is 135 cm³/mol. The quantitative estimate of drug-likeness (QED) is 0.293. The SMILES string of the molecule is C=CCN([C@@H](Cc1ccccc1)C(=O)OC)S(=O)(=O)N(CC=C)[C@@H](Cc1ccccc1)C(=O)OC. The van der Waals surface area contributed by atoms with Gasteiger partial charge in [-0.15, -0.1) is 13.2 Å². The van der Waals surface area contributed by atoms with Crippen molar-refractivity contribution in [3.05, 3.63) is 97.1 Å². The molecule has 2 atom stereocenters. The Bertz CT molecular complexity index is 1010. The third-order valence-electron chi connectivity index (χ3n) is 5.40. The third kappa shape index (κ3) is 7.35. The Balaban J connectivity index is 2.57. The lowest BCUT2D eigenvalue weighted by Crippen LogP contribution is -2.57. The molecular formula is C26H32N2O6S. The maximum Gasteiger partial charge on any atom is 0.324 e. The molecule has 2 rings (SSSR count). The molecule has 9 heteroatoms. The van der Waals surface area contributed by atoms with E-state index in [9.17, 15) is 18.0 Å². The van der Waals surface area contributed by atoms with Gasteiger partial charge in [0.2, 0.25) is 0 Å². The summed E-state index contributed by atoms with van der Waals surface area (Å²) in [6.07, 6.45) is 2.91. The van der Waals surface area contributed by atoms with Gasteiger partial charge in [0.15, 0.2) is 0 Å². The van der Waals surface area contributed by atoms with E-state index >= 15 is 0 Å². The smallest absolute Gasteiger partial charge is 0.324 e. The van der Waals surface area contributed by atoms with Crippen LogP contribution >= 0.6 is 0 Å². The van der Waals surface area contributed by atoms with Gasteiger partial charge in [-0.05, 0) is 24.0 Å². The second-order valence-corrected chi connectivity index (χ2v) is 9.52. The molecule has 188 valence electrons. The van der Waals surface area contributed by atoms with E-state index < -0.39 is 34.2 Å². The minimum absolute atomic E-state index is 0.0735. The molecule has 0 aliphatic carbocycles. The Morgan fingerprint density at radius 2 is 1.11 bits per heavy atom. The van der Waals surface area contributed by atoms with E-state index in [0.29, 0.717) is 0 Å². The Morgan fingerprint density at radius 3 is 1.40 bits per heavy atom. The van der Waals surface area contributed by atoms with Crippen LogP contribution < -0.4 is 0 Å². The van der Waals surface area contributed by atoms with Gasteiger partial charge in [-0.1, -0.05) is 72.8 Å². The minimum Gasteiger partial charge on any atom is -0.468 e. The lowest BCUT2D eigenvalue weighted by Gasteiger charge is -2.36. The van der Waals surface area contributed by atoms with E-state index in [-0.39, 0.29) is 25.9 Å². The number of ether oxygens (including phenoxy) is 2. The number of methoxy groups -OCH3 is 2. The third-order valence-corrected chi connectivity index (χ3v) is 7.39. The predicted octanol–water partition coefficient (Wildman–Crippen LogP) is 2.78. The number of nitrogens with zero attached hydrogens (tertiary/aromatic N) is 2. The molecule has 0 bridgehead atoms. The molecule has 2 aromatic carbocycles. The van der Waals surface area contributed by atoms with Gasteiger partial charge in [0.05, 0.1) is 14.2 Å². The highest BCUT2D eigenvalue weighted by Gasteiger charge is 2.43. The fourth-order valence-corrected chi connectivity index (χ4v) is 5.53. The van der Waals surface area contributed by atoms with E-state index in [1.165, 1.54) is 26.4 Å². The fourth-order valence-electron chi connectivity index (χ4n) is 3.71. The van der Waals surface area contributed by atoms with Gasteiger partial charge < -0.3 is 9.47 Å². The lowest BCUT2D eigenvalue weighted by molar-refractivity contribution is -0.145. The first-order chi connectivity index (χ1) is 16.8. The molecule has 8 nitrogen and oxygen atoms in total. The van der Waals surface area contributed by atoms with Gasteiger partial charge in [0.1, 0.15) is 12.1 Å². The van der Waals surface area contributed by atoms with Crippen molar-refractivity contribution in [1.82, 2.24) is 8.61 Å². The van der Waals surface area contributed by atoms with Crippen LogP contribution in [-0.4, -0.2) is 68.4 Å². The highest BCUT2D eigenvalue weighted by molar-refractivity contribution is 7.86. The van der Waals surface area contributed by atoms with Gasteiger partial charge in [-0.25, -0.2) is 0 Å². The number of benzene rings is 2. The first kappa shape index (κ1) is 28.0. The normalized spacial score (nSPS) is 13.1. The number of hydrogen-bond donors (Lipinski definition) is 0. The molecule has 0 heterocycles. The highest BCUT2D eigenvalue weighted by atomic mass is 32.2. The highest BCUT2D eigenvalue weighted by Crippen LogP contribution is 2.22. The monoisotopic (exact) mass is 500 g/mol. The summed E-state index contributed by atoms with van der Waals surface area (Å²) in [5.74, 6) is -1.45. The summed E-state index contributed by atoms with van der Waals surface area (Å²) in [5.41, 5.74) is 1.49. The van der Waals surface area contributed by atoms with Crippen LogP contribution in [0.5, 0.6) is 0 Å². The summed E-state index contributed by atoms with van der Waals surface area (Å²) in [5, 5.41) is 0. The van der Waals surface area contributed by atoms with E-state index in [0.717, 1.165) is 19.7 Å². The summed E-state index contributed by atoms with van der Waals surface area (Å²) in [6.45, 7) is 6.98. The van der Waals surface area contributed by atoms with E-state index in [1.54, 1.807) is 48.5 Å². The number of rotatable bonds is 14. The molecule has 0 aliphatic rings. The van der Waals surface area contributed by atoms with Gasteiger partial charge in [0.25, 0.3) is 10.2 Å². The van der Waals surface area contributed by atoms with Crippen molar-refractivity contribution in [2.75, 3.05) is 27.3 Å². The zero-order valence-corrected chi connectivity index (χ0v) is 20.9. The Kier molecular flexibility index (Phi) is 10.8. The second-order valence-electron chi connectivity index (χ2n) is 7.68. The van der Waals surface area contributed by atoms with Gasteiger partial charge >= 0.3 is 11.9 Å². The number of esters is 2. The summed E-state index contributed by atoms with van der Waals surface area (Å²) in [7, 11) is -2.01. The topological polar surface area (TPSA) is 93.2 Å². The molecule has 0 radical (unpaired) electrons. The van der Waals surface area contributed by atoms with Crippen LogP contribution in [0, 0.1) is 0 Å². The minimum atomic E-state index is -4.41. The molecule has 35 heavy (non-hydrogen) atoms.